The zero-order valence-corrected chi connectivity index (χ0v) is 8.12. The molecule has 0 atom stereocenters. The maximum Gasteiger partial charge on any atom is 0.329 e. The van der Waals surface area contributed by atoms with E-state index in [1.807, 2.05) is 7.05 Å². The van der Waals surface area contributed by atoms with E-state index in [0.29, 0.717) is 0 Å². The molecule has 0 aromatic heterocycles. The number of likely N-dealkylation sites (tertiary alicyclic amines) is 1. The van der Waals surface area contributed by atoms with Crippen molar-refractivity contribution in [1.82, 2.24) is 10.3 Å². The number of amides is 2. The van der Waals surface area contributed by atoms with Crippen LogP contribution in [0.4, 0.5) is 0 Å². The summed E-state index contributed by atoms with van der Waals surface area (Å²) >= 11 is 0. The van der Waals surface area contributed by atoms with Crippen molar-refractivity contribution in [1.29, 1.82) is 0 Å². The van der Waals surface area contributed by atoms with Crippen molar-refractivity contribution in [3.05, 3.63) is 0 Å². The summed E-state index contributed by atoms with van der Waals surface area (Å²) in [4.78, 5) is 23.3. The van der Waals surface area contributed by atoms with E-state index in [4.69, 9.17) is 5.73 Å². The van der Waals surface area contributed by atoms with E-state index in [2.05, 4.69) is 15.4 Å². The second kappa shape index (κ2) is 4.71. The van der Waals surface area contributed by atoms with Gasteiger partial charge in [0.25, 0.3) is 0 Å². The molecule has 0 aliphatic carbocycles. The van der Waals surface area contributed by atoms with Gasteiger partial charge in [-0.15, -0.1) is 0 Å². The highest BCUT2D eigenvalue weighted by atomic mass is 16.2. The Labute approximate surface area is 82.1 Å². The molecule has 0 bridgehead atoms. The standard InChI is InChI=1S/C8H14N4O2/c1-12-4-2-6(3-5-12)10-11-8(14)7(9)13/h2-5H2,1H3,(H2,9,13)(H,11,14). The molecule has 14 heavy (non-hydrogen) atoms. The first-order valence-electron chi connectivity index (χ1n) is 4.43. The number of nitrogens with one attached hydrogen (secondary N) is 1. The van der Waals surface area contributed by atoms with Crippen LogP contribution in [0, 0.1) is 0 Å². The lowest BCUT2D eigenvalue weighted by atomic mass is 10.1. The number of piperidine rings is 1. The molecule has 0 unspecified atom stereocenters. The van der Waals surface area contributed by atoms with Gasteiger partial charge in [0.05, 0.1) is 0 Å². The normalized spacial score (nSPS) is 17.6. The Kier molecular flexibility index (Phi) is 3.58. The van der Waals surface area contributed by atoms with Gasteiger partial charge in [-0.1, -0.05) is 0 Å². The molecule has 1 heterocycles. The number of hydrazone groups is 1. The monoisotopic (exact) mass is 198 g/mol. The summed E-state index contributed by atoms with van der Waals surface area (Å²) in [6.07, 6.45) is 1.63. The average Bonchev–Trinajstić information content (AvgIpc) is 2.16. The van der Waals surface area contributed by atoms with E-state index in [-0.39, 0.29) is 0 Å². The van der Waals surface area contributed by atoms with Gasteiger partial charge < -0.3 is 10.6 Å². The third-order valence-electron chi connectivity index (χ3n) is 2.10. The molecule has 6 heteroatoms. The molecule has 0 aromatic carbocycles. The van der Waals surface area contributed by atoms with Gasteiger partial charge in [0.15, 0.2) is 0 Å². The summed E-state index contributed by atoms with van der Waals surface area (Å²) in [5, 5.41) is 3.83. The minimum absolute atomic E-state index is 0.815. The average molecular weight is 198 g/mol. The Morgan fingerprint density at radius 1 is 1.43 bits per heavy atom. The van der Waals surface area contributed by atoms with Crippen molar-refractivity contribution >= 4 is 17.5 Å². The number of primary amides is 1. The van der Waals surface area contributed by atoms with Crippen LogP contribution < -0.4 is 11.2 Å². The van der Waals surface area contributed by atoms with E-state index in [1.165, 1.54) is 0 Å². The van der Waals surface area contributed by atoms with E-state index in [9.17, 15) is 9.59 Å². The lowest BCUT2D eigenvalue weighted by Crippen LogP contribution is -2.35. The molecule has 3 N–H and O–H groups in total. The summed E-state index contributed by atoms with van der Waals surface area (Å²) in [5.41, 5.74) is 7.77. The molecule has 0 aromatic rings. The van der Waals surface area contributed by atoms with Crippen LogP contribution in [0.3, 0.4) is 0 Å². The summed E-state index contributed by atoms with van der Waals surface area (Å²) in [7, 11) is 2.03. The van der Waals surface area contributed by atoms with Gasteiger partial charge in [-0.05, 0) is 7.05 Å². The molecule has 6 nitrogen and oxygen atoms in total. The zero-order valence-electron chi connectivity index (χ0n) is 8.12. The first kappa shape index (κ1) is 10.6. The predicted molar refractivity (Wildman–Crippen MR) is 51.5 cm³/mol. The predicted octanol–water partition coefficient (Wildman–Crippen LogP) is -1.33. The van der Waals surface area contributed by atoms with E-state index in [0.717, 1.165) is 31.6 Å². The van der Waals surface area contributed by atoms with Gasteiger partial charge >= 0.3 is 11.8 Å². The SMILES string of the molecule is CN1CCC(=NNC(=O)C(N)=O)CC1. The molecule has 78 valence electrons. The summed E-state index contributed by atoms with van der Waals surface area (Å²) in [6, 6.07) is 0. The largest absolute Gasteiger partial charge is 0.361 e. The van der Waals surface area contributed by atoms with Crippen LogP contribution >= 0.6 is 0 Å². The fourth-order valence-corrected chi connectivity index (χ4v) is 1.17. The lowest BCUT2D eigenvalue weighted by molar-refractivity contribution is -0.137. The van der Waals surface area contributed by atoms with Gasteiger partial charge in [-0.3, -0.25) is 9.59 Å². The number of rotatable bonds is 1. The third kappa shape index (κ3) is 3.14. The van der Waals surface area contributed by atoms with E-state index < -0.39 is 11.8 Å². The van der Waals surface area contributed by atoms with E-state index >= 15 is 0 Å². The number of nitrogens with zero attached hydrogens (tertiary/aromatic N) is 2. The number of carbonyl (C=O) groups excluding carboxylic acids is 2. The zero-order chi connectivity index (χ0) is 10.6. The van der Waals surface area contributed by atoms with Crippen molar-refractivity contribution < 1.29 is 9.59 Å². The molecule has 0 saturated carbocycles. The lowest BCUT2D eigenvalue weighted by Gasteiger charge is -2.22. The first-order chi connectivity index (χ1) is 6.59. The molecule has 0 radical (unpaired) electrons. The molecular weight excluding hydrogens is 184 g/mol. The Morgan fingerprint density at radius 2 is 2.00 bits per heavy atom. The molecular formula is C8H14N4O2. The van der Waals surface area contributed by atoms with Crippen LogP contribution in [0.1, 0.15) is 12.8 Å². The molecule has 0 spiro atoms. The minimum atomic E-state index is -1.01. The minimum Gasteiger partial charge on any atom is -0.361 e. The summed E-state index contributed by atoms with van der Waals surface area (Å²) in [5.74, 6) is -1.88. The Hall–Kier alpha value is -1.43. The highest BCUT2D eigenvalue weighted by Crippen LogP contribution is 2.03. The third-order valence-corrected chi connectivity index (χ3v) is 2.10. The molecule has 1 fully saturated rings. The number of carbonyl (C=O) groups is 2. The fourth-order valence-electron chi connectivity index (χ4n) is 1.17. The smallest absolute Gasteiger partial charge is 0.329 e. The van der Waals surface area contributed by atoms with Crippen molar-refractivity contribution in [3.8, 4) is 0 Å². The van der Waals surface area contributed by atoms with Crippen LogP contribution in [0.5, 0.6) is 0 Å². The number of hydrogen-bond donors (Lipinski definition) is 2. The molecule has 1 rings (SSSR count). The Bertz CT molecular complexity index is 265. The quantitative estimate of drug-likeness (QED) is 0.404. The van der Waals surface area contributed by atoms with Crippen LogP contribution in [-0.4, -0.2) is 42.6 Å². The molecule has 2 amide bonds. The molecule has 1 aliphatic rings. The van der Waals surface area contributed by atoms with Gasteiger partial charge in [0, 0.05) is 31.6 Å². The van der Waals surface area contributed by atoms with Crippen molar-refractivity contribution in [2.75, 3.05) is 20.1 Å². The van der Waals surface area contributed by atoms with Crippen LogP contribution in [0.15, 0.2) is 5.10 Å². The fraction of sp³-hybridized carbons (Fsp3) is 0.625. The Balaban J connectivity index is 2.38. The highest BCUT2D eigenvalue weighted by Gasteiger charge is 2.12. The molecule has 1 aliphatic heterocycles. The Morgan fingerprint density at radius 3 is 2.50 bits per heavy atom. The van der Waals surface area contributed by atoms with Gasteiger partial charge in [0.1, 0.15) is 0 Å². The first-order valence-corrected chi connectivity index (χ1v) is 4.43. The van der Waals surface area contributed by atoms with Crippen LogP contribution in [0.25, 0.3) is 0 Å². The summed E-state index contributed by atoms with van der Waals surface area (Å²) in [6.45, 7) is 1.84. The maximum absolute atomic E-state index is 10.7. The maximum atomic E-state index is 10.7. The van der Waals surface area contributed by atoms with Crippen LogP contribution in [-0.2, 0) is 9.59 Å². The van der Waals surface area contributed by atoms with Crippen LogP contribution in [0.2, 0.25) is 0 Å². The van der Waals surface area contributed by atoms with Gasteiger partial charge in [0.2, 0.25) is 0 Å². The number of nitrogens with two attached hydrogens (primary N) is 1. The molecule has 1 saturated heterocycles. The summed E-state index contributed by atoms with van der Waals surface area (Å²) < 4.78 is 0. The number of hydrogen-bond acceptors (Lipinski definition) is 4. The van der Waals surface area contributed by atoms with E-state index in [1.54, 1.807) is 0 Å². The van der Waals surface area contributed by atoms with Crippen molar-refractivity contribution in [2.24, 2.45) is 10.8 Å². The van der Waals surface area contributed by atoms with Gasteiger partial charge in [-0.2, -0.15) is 5.10 Å². The second-order valence-electron chi connectivity index (χ2n) is 3.29. The highest BCUT2D eigenvalue weighted by molar-refractivity contribution is 6.34. The second-order valence-corrected chi connectivity index (χ2v) is 3.29. The van der Waals surface area contributed by atoms with Crippen molar-refractivity contribution in [3.63, 3.8) is 0 Å². The van der Waals surface area contributed by atoms with Gasteiger partial charge in [-0.25, -0.2) is 5.43 Å². The topological polar surface area (TPSA) is 87.8 Å². The van der Waals surface area contributed by atoms with Crippen molar-refractivity contribution in [2.45, 2.75) is 12.8 Å².